The van der Waals surface area contributed by atoms with Crippen molar-refractivity contribution in [1.29, 1.82) is 0 Å². The van der Waals surface area contributed by atoms with Crippen molar-refractivity contribution >= 4 is 40.9 Å². The molecule has 0 unspecified atom stereocenters. The van der Waals surface area contributed by atoms with Crippen molar-refractivity contribution < 1.29 is 9.59 Å². The second-order valence-corrected chi connectivity index (χ2v) is 10.5. The highest BCUT2D eigenvalue weighted by Crippen LogP contribution is 2.37. The second-order valence-electron chi connectivity index (χ2n) is 9.57. The molecule has 0 saturated carbocycles. The van der Waals surface area contributed by atoms with E-state index in [-0.39, 0.29) is 11.8 Å². The van der Waals surface area contributed by atoms with E-state index in [4.69, 9.17) is 10.1 Å². The van der Waals surface area contributed by atoms with Crippen LogP contribution in [0, 0.1) is 13.8 Å². The summed E-state index contributed by atoms with van der Waals surface area (Å²) in [4.78, 5) is 29.9. The Balaban J connectivity index is 1.49. The van der Waals surface area contributed by atoms with Crippen molar-refractivity contribution in [3.63, 3.8) is 0 Å². The van der Waals surface area contributed by atoms with Gasteiger partial charge in [-0.05, 0) is 61.7 Å². The zero-order valence-corrected chi connectivity index (χ0v) is 23.1. The Hall–Kier alpha value is -4.37. The second kappa shape index (κ2) is 11.2. The maximum absolute atomic E-state index is 13.6. The van der Waals surface area contributed by atoms with Gasteiger partial charge in [0, 0.05) is 29.7 Å². The summed E-state index contributed by atoms with van der Waals surface area (Å²) in [6.45, 7) is 7.54. The number of aromatic nitrogens is 3. The molecule has 1 aliphatic rings. The summed E-state index contributed by atoms with van der Waals surface area (Å²) < 4.78 is 1.77. The van der Waals surface area contributed by atoms with Gasteiger partial charge in [0.2, 0.25) is 17.0 Å². The molecule has 3 aromatic carbocycles. The van der Waals surface area contributed by atoms with Crippen LogP contribution in [-0.4, -0.2) is 26.6 Å². The van der Waals surface area contributed by atoms with E-state index in [0.29, 0.717) is 33.7 Å². The van der Waals surface area contributed by atoms with E-state index < -0.39 is 6.04 Å². The highest BCUT2D eigenvalue weighted by Gasteiger charge is 2.34. The highest BCUT2D eigenvalue weighted by molar-refractivity contribution is 7.98. The van der Waals surface area contributed by atoms with Gasteiger partial charge in [0.15, 0.2) is 0 Å². The molecule has 0 radical (unpaired) electrons. The number of nitrogens with zero attached hydrogens (tertiary/aromatic N) is 3. The van der Waals surface area contributed by atoms with Crippen molar-refractivity contribution in [2.75, 3.05) is 16.0 Å². The van der Waals surface area contributed by atoms with Crippen molar-refractivity contribution in [2.24, 2.45) is 0 Å². The smallest absolute Gasteiger partial charge is 0.255 e. The topological polar surface area (TPSA) is 101 Å². The number of amides is 2. The first-order valence-electron chi connectivity index (χ1n) is 12.7. The molecule has 1 aromatic heterocycles. The number of aryl methyl sites for hydroxylation is 2. The summed E-state index contributed by atoms with van der Waals surface area (Å²) >= 11 is 1.56. The molecule has 1 aliphatic heterocycles. The van der Waals surface area contributed by atoms with Gasteiger partial charge in [-0.1, -0.05) is 65.9 Å². The normalized spacial score (nSPS) is 14.4. The molecule has 0 spiro atoms. The minimum atomic E-state index is -0.515. The van der Waals surface area contributed by atoms with Crippen molar-refractivity contribution in [1.82, 2.24) is 14.8 Å². The SMILES string of the molecule is CC(=O)Nc1ccc([C@H]2C(C(=O)Nc3ccccc3)=C(C)Nc3nc(SCc4ccc(C)cc4C)nn32)cc1. The van der Waals surface area contributed by atoms with Gasteiger partial charge >= 0.3 is 0 Å². The maximum Gasteiger partial charge on any atom is 0.255 e. The number of carbonyl (C=O) groups is 2. The molecule has 1 atom stereocenters. The van der Waals surface area contributed by atoms with Crippen LogP contribution < -0.4 is 16.0 Å². The molecule has 3 N–H and O–H groups in total. The summed E-state index contributed by atoms with van der Waals surface area (Å²) in [6.07, 6.45) is 0. The Morgan fingerprint density at radius 3 is 2.36 bits per heavy atom. The monoisotopic (exact) mass is 538 g/mol. The number of carbonyl (C=O) groups excluding carboxylic acids is 2. The standard InChI is InChI=1S/C30H30N6O2S/c1-18-10-11-23(19(2)16-18)17-39-30-34-29-31-20(3)26(28(38)33-24-8-6-5-7-9-24)27(36(29)35-30)22-12-14-25(15-13-22)32-21(4)37/h5-16,27H,17H2,1-4H3,(H,32,37)(H,33,38)(H,31,34,35)/t27-/m0/s1. The van der Waals surface area contributed by atoms with Crippen LogP contribution in [-0.2, 0) is 15.3 Å². The first-order chi connectivity index (χ1) is 18.8. The predicted octanol–water partition coefficient (Wildman–Crippen LogP) is 6.07. The molecule has 0 fully saturated rings. The minimum absolute atomic E-state index is 0.146. The Kier molecular flexibility index (Phi) is 7.51. The average Bonchev–Trinajstić information content (AvgIpc) is 3.30. The van der Waals surface area contributed by atoms with Crippen molar-refractivity contribution in [3.8, 4) is 0 Å². The average molecular weight is 539 g/mol. The third-order valence-electron chi connectivity index (χ3n) is 6.51. The van der Waals surface area contributed by atoms with Gasteiger partial charge in [0.25, 0.3) is 5.91 Å². The Bertz CT molecular complexity index is 1560. The summed E-state index contributed by atoms with van der Waals surface area (Å²) in [5, 5.41) is 14.6. The largest absolute Gasteiger partial charge is 0.328 e. The predicted molar refractivity (Wildman–Crippen MR) is 156 cm³/mol. The van der Waals surface area contributed by atoms with Gasteiger partial charge < -0.3 is 16.0 Å². The van der Waals surface area contributed by atoms with Gasteiger partial charge in [-0.25, -0.2) is 4.68 Å². The first-order valence-corrected chi connectivity index (χ1v) is 13.6. The Morgan fingerprint density at radius 2 is 1.67 bits per heavy atom. The van der Waals surface area contributed by atoms with Crippen LogP contribution in [0.15, 0.2) is 89.2 Å². The molecule has 5 rings (SSSR count). The molecule has 0 aliphatic carbocycles. The van der Waals surface area contributed by atoms with Gasteiger partial charge in [0.05, 0.1) is 5.57 Å². The number of anilines is 3. The van der Waals surface area contributed by atoms with Crippen LogP contribution in [0.25, 0.3) is 0 Å². The van der Waals surface area contributed by atoms with E-state index in [0.717, 1.165) is 11.3 Å². The zero-order valence-electron chi connectivity index (χ0n) is 22.3. The summed E-state index contributed by atoms with van der Waals surface area (Å²) in [7, 11) is 0. The fourth-order valence-corrected chi connectivity index (χ4v) is 5.52. The molecule has 2 amide bonds. The first kappa shape index (κ1) is 26.2. The summed E-state index contributed by atoms with van der Waals surface area (Å²) in [5.74, 6) is 0.933. The third-order valence-corrected chi connectivity index (χ3v) is 7.40. The van der Waals surface area contributed by atoms with Crippen LogP contribution in [0.4, 0.5) is 17.3 Å². The molecule has 2 heterocycles. The van der Waals surface area contributed by atoms with E-state index in [2.05, 4.69) is 48.0 Å². The number of para-hydroxylation sites is 1. The molecule has 9 heteroatoms. The maximum atomic E-state index is 13.6. The van der Waals surface area contributed by atoms with E-state index in [1.807, 2.05) is 61.5 Å². The quantitative estimate of drug-likeness (QED) is 0.247. The molecule has 4 aromatic rings. The van der Waals surface area contributed by atoms with E-state index in [1.54, 1.807) is 16.4 Å². The number of rotatable bonds is 7. The van der Waals surface area contributed by atoms with E-state index in [9.17, 15) is 9.59 Å². The van der Waals surface area contributed by atoms with E-state index in [1.165, 1.54) is 23.6 Å². The Morgan fingerprint density at radius 1 is 0.949 bits per heavy atom. The Labute approximate surface area is 231 Å². The lowest BCUT2D eigenvalue weighted by Crippen LogP contribution is -2.31. The lowest BCUT2D eigenvalue weighted by atomic mass is 9.94. The minimum Gasteiger partial charge on any atom is -0.328 e. The number of hydrogen-bond acceptors (Lipinski definition) is 6. The van der Waals surface area contributed by atoms with Crippen LogP contribution >= 0.6 is 11.8 Å². The zero-order chi connectivity index (χ0) is 27.5. The summed E-state index contributed by atoms with van der Waals surface area (Å²) in [5.41, 5.74) is 7.17. The number of fused-ring (bicyclic) bond motifs is 1. The van der Waals surface area contributed by atoms with Crippen LogP contribution in [0.2, 0.25) is 0 Å². The lowest BCUT2D eigenvalue weighted by molar-refractivity contribution is -0.114. The molecular formula is C30H30N6O2S. The number of hydrogen-bond donors (Lipinski definition) is 3. The molecule has 8 nitrogen and oxygen atoms in total. The van der Waals surface area contributed by atoms with Crippen LogP contribution in [0.5, 0.6) is 0 Å². The number of benzene rings is 3. The fourth-order valence-electron chi connectivity index (χ4n) is 4.62. The van der Waals surface area contributed by atoms with Crippen molar-refractivity contribution in [2.45, 2.75) is 44.6 Å². The number of nitrogens with one attached hydrogen (secondary N) is 3. The molecule has 39 heavy (non-hydrogen) atoms. The van der Waals surface area contributed by atoms with Gasteiger partial charge in [0.1, 0.15) is 6.04 Å². The van der Waals surface area contributed by atoms with Gasteiger partial charge in [-0.3, -0.25) is 9.59 Å². The molecular weight excluding hydrogens is 508 g/mol. The molecule has 0 saturated heterocycles. The van der Waals surface area contributed by atoms with Crippen molar-refractivity contribution in [3.05, 3.63) is 106 Å². The van der Waals surface area contributed by atoms with E-state index >= 15 is 0 Å². The van der Waals surface area contributed by atoms with Crippen LogP contribution in [0.3, 0.4) is 0 Å². The number of allylic oxidation sites excluding steroid dienone is 1. The van der Waals surface area contributed by atoms with Gasteiger partial charge in [-0.2, -0.15) is 4.98 Å². The fraction of sp³-hybridized carbons (Fsp3) is 0.200. The lowest BCUT2D eigenvalue weighted by Gasteiger charge is -2.28. The van der Waals surface area contributed by atoms with Gasteiger partial charge in [-0.15, -0.1) is 5.10 Å². The third kappa shape index (κ3) is 5.88. The van der Waals surface area contributed by atoms with Crippen LogP contribution in [0.1, 0.15) is 42.1 Å². The summed E-state index contributed by atoms with van der Waals surface area (Å²) in [6, 6.07) is 22.7. The molecule has 198 valence electrons. The molecule has 0 bridgehead atoms. The number of thioether (sulfide) groups is 1. The highest BCUT2D eigenvalue weighted by atomic mass is 32.2.